The Morgan fingerprint density at radius 2 is 0.627 bits per heavy atom. The van der Waals surface area contributed by atoms with Crippen LogP contribution in [0.2, 0.25) is 0 Å². The second-order valence-corrected chi connectivity index (χ2v) is 17.4. The third-order valence-corrected chi connectivity index (χ3v) is 13.6. The van der Waals surface area contributed by atoms with Crippen LogP contribution in [0.1, 0.15) is 22.3 Å². The van der Waals surface area contributed by atoms with Crippen molar-refractivity contribution >= 4 is 0 Å². The van der Waals surface area contributed by atoms with E-state index in [4.69, 9.17) is 4.98 Å². The quantitative estimate of drug-likeness (QED) is 0.141. The number of fused-ring (bicyclic) bond motifs is 3. The Labute approximate surface area is 393 Å². The van der Waals surface area contributed by atoms with Gasteiger partial charge < -0.3 is 0 Å². The lowest BCUT2D eigenvalue weighted by Gasteiger charge is -2.34. The molecule has 314 valence electrons. The first-order valence-electron chi connectivity index (χ1n) is 23.1. The van der Waals surface area contributed by atoms with Crippen LogP contribution in [0.15, 0.2) is 273 Å². The Morgan fingerprint density at radius 3 is 1.24 bits per heavy atom. The van der Waals surface area contributed by atoms with Gasteiger partial charge in [0, 0.05) is 11.1 Å². The zero-order valence-corrected chi connectivity index (χ0v) is 36.9. The highest BCUT2D eigenvalue weighted by atomic mass is 14.7. The molecule has 1 heterocycles. The molecule has 0 saturated heterocycles. The largest absolute Gasteiger partial charge is 0.248 e. The SMILES string of the molecule is c1ccc(-c2ccc(-c3cc(-c4ccccc4)nc(-c4cccc(-c5cccc(-c6cc7c(cc6-c6ccccc6)-c6ccccc6C7(c6ccccc6)c6ccccc6)c5)c4)c3)cc2)cc1. The second-order valence-electron chi connectivity index (χ2n) is 17.4. The van der Waals surface area contributed by atoms with Crippen LogP contribution in [0.3, 0.4) is 0 Å². The molecule has 1 aliphatic rings. The monoisotopic (exact) mass is 851 g/mol. The Morgan fingerprint density at radius 1 is 0.209 bits per heavy atom. The lowest BCUT2D eigenvalue weighted by molar-refractivity contribution is 0.769. The zero-order valence-electron chi connectivity index (χ0n) is 36.9. The normalized spacial score (nSPS) is 12.3. The van der Waals surface area contributed by atoms with Crippen LogP contribution >= 0.6 is 0 Å². The molecule has 10 aromatic carbocycles. The summed E-state index contributed by atoms with van der Waals surface area (Å²) in [6, 6.07) is 99.3. The minimum absolute atomic E-state index is 0.506. The van der Waals surface area contributed by atoms with Crippen LogP contribution < -0.4 is 0 Å². The van der Waals surface area contributed by atoms with Gasteiger partial charge in [-0.3, -0.25) is 0 Å². The molecular formula is C66H45N. The summed E-state index contributed by atoms with van der Waals surface area (Å²) >= 11 is 0. The first-order chi connectivity index (χ1) is 33.2. The van der Waals surface area contributed by atoms with Crippen molar-refractivity contribution in [2.45, 2.75) is 5.41 Å². The summed E-state index contributed by atoms with van der Waals surface area (Å²) in [7, 11) is 0. The summed E-state index contributed by atoms with van der Waals surface area (Å²) in [5.41, 5.74) is 22.9. The van der Waals surface area contributed by atoms with Crippen LogP contribution in [-0.4, -0.2) is 4.98 Å². The number of benzene rings is 10. The van der Waals surface area contributed by atoms with Gasteiger partial charge in [0.15, 0.2) is 0 Å². The molecule has 1 aliphatic carbocycles. The van der Waals surface area contributed by atoms with E-state index in [0.717, 1.165) is 44.8 Å². The molecule has 12 rings (SSSR count). The molecular weight excluding hydrogens is 807 g/mol. The zero-order chi connectivity index (χ0) is 44.6. The van der Waals surface area contributed by atoms with Gasteiger partial charge in [0.1, 0.15) is 0 Å². The van der Waals surface area contributed by atoms with E-state index in [2.05, 4.69) is 273 Å². The van der Waals surface area contributed by atoms with Crippen LogP contribution in [-0.2, 0) is 5.41 Å². The van der Waals surface area contributed by atoms with Crippen LogP contribution in [0.25, 0.3) is 89.3 Å². The summed E-state index contributed by atoms with van der Waals surface area (Å²) < 4.78 is 0. The van der Waals surface area contributed by atoms with E-state index in [1.807, 2.05) is 0 Å². The Hall–Kier alpha value is -8.65. The highest BCUT2D eigenvalue weighted by Gasteiger charge is 2.46. The van der Waals surface area contributed by atoms with Gasteiger partial charge in [0.25, 0.3) is 0 Å². The van der Waals surface area contributed by atoms with Crippen molar-refractivity contribution in [3.05, 3.63) is 295 Å². The minimum Gasteiger partial charge on any atom is -0.248 e. The summed E-state index contributed by atoms with van der Waals surface area (Å²) in [5, 5.41) is 0. The number of hydrogen-bond acceptors (Lipinski definition) is 1. The number of nitrogens with zero attached hydrogens (tertiary/aromatic N) is 1. The van der Waals surface area contributed by atoms with E-state index in [0.29, 0.717) is 0 Å². The van der Waals surface area contributed by atoms with Crippen molar-refractivity contribution in [2.24, 2.45) is 0 Å². The van der Waals surface area contributed by atoms with Gasteiger partial charge in [-0.25, -0.2) is 4.98 Å². The number of rotatable bonds is 9. The average molecular weight is 852 g/mol. The third kappa shape index (κ3) is 7.19. The molecule has 0 radical (unpaired) electrons. The van der Waals surface area contributed by atoms with Crippen molar-refractivity contribution < 1.29 is 0 Å². The Balaban J connectivity index is 0.998. The van der Waals surface area contributed by atoms with E-state index < -0.39 is 5.41 Å². The molecule has 0 amide bonds. The standard InChI is InChI=1S/C66H45N/c1-6-20-46(21-7-1)47-36-38-48(39-37-47)55-42-64(50-24-10-3-11-25-50)67-65(43-55)54-29-19-27-52(41-54)51-26-18-28-53(40-51)60-45-63-61(44-59(60)49-22-8-2-9-23-49)58-34-16-17-35-62(58)66(63,56-30-12-4-13-31-56)57-32-14-5-15-33-57/h1-45H. The lowest BCUT2D eigenvalue weighted by atomic mass is 9.67. The number of hydrogen-bond donors (Lipinski definition) is 0. The number of aromatic nitrogens is 1. The van der Waals surface area contributed by atoms with Gasteiger partial charge in [0.2, 0.25) is 0 Å². The van der Waals surface area contributed by atoms with E-state index in [-0.39, 0.29) is 0 Å². The molecule has 11 aromatic rings. The summed E-state index contributed by atoms with van der Waals surface area (Å²) in [4.78, 5) is 5.32. The molecule has 0 aliphatic heterocycles. The smallest absolute Gasteiger partial charge is 0.0715 e. The summed E-state index contributed by atoms with van der Waals surface area (Å²) in [5.74, 6) is 0. The van der Waals surface area contributed by atoms with Crippen LogP contribution in [0, 0.1) is 0 Å². The molecule has 0 saturated carbocycles. The maximum atomic E-state index is 5.32. The van der Waals surface area contributed by atoms with Gasteiger partial charge >= 0.3 is 0 Å². The predicted octanol–water partition coefficient (Wildman–Crippen LogP) is 17.1. The molecule has 0 bridgehead atoms. The van der Waals surface area contributed by atoms with Crippen LogP contribution in [0.5, 0.6) is 0 Å². The van der Waals surface area contributed by atoms with Crippen molar-refractivity contribution in [3.8, 4) is 89.3 Å². The number of pyridine rings is 1. The van der Waals surface area contributed by atoms with Crippen molar-refractivity contribution in [3.63, 3.8) is 0 Å². The molecule has 1 nitrogen and oxygen atoms in total. The molecule has 1 aromatic heterocycles. The van der Waals surface area contributed by atoms with Gasteiger partial charge in [0.05, 0.1) is 16.8 Å². The third-order valence-electron chi connectivity index (χ3n) is 13.6. The van der Waals surface area contributed by atoms with Crippen molar-refractivity contribution in [2.75, 3.05) is 0 Å². The molecule has 0 atom stereocenters. The highest BCUT2D eigenvalue weighted by Crippen LogP contribution is 2.58. The van der Waals surface area contributed by atoms with Gasteiger partial charge in [-0.05, 0) is 125 Å². The van der Waals surface area contributed by atoms with Crippen molar-refractivity contribution in [1.82, 2.24) is 4.98 Å². The maximum absolute atomic E-state index is 5.32. The molecule has 0 unspecified atom stereocenters. The molecule has 0 N–H and O–H groups in total. The first-order valence-corrected chi connectivity index (χ1v) is 23.1. The van der Waals surface area contributed by atoms with Crippen LogP contribution in [0.4, 0.5) is 0 Å². The second kappa shape index (κ2) is 17.0. The van der Waals surface area contributed by atoms with E-state index in [1.54, 1.807) is 0 Å². The Bertz CT molecular complexity index is 3480. The fourth-order valence-electron chi connectivity index (χ4n) is 10.4. The van der Waals surface area contributed by atoms with E-state index in [9.17, 15) is 0 Å². The highest BCUT2D eigenvalue weighted by molar-refractivity contribution is 5.95. The predicted molar refractivity (Wildman–Crippen MR) is 280 cm³/mol. The average Bonchev–Trinajstić information content (AvgIpc) is 3.72. The summed E-state index contributed by atoms with van der Waals surface area (Å²) in [6.07, 6.45) is 0. The van der Waals surface area contributed by atoms with E-state index >= 15 is 0 Å². The summed E-state index contributed by atoms with van der Waals surface area (Å²) in [6.45, 7) is 0. The lowest BCUT2D eigenvalue weighted by Crippen LogP contribution is -2.28. The van der Waals surface area contributed by atoms with Gasteiger partial charge in [-0.1, -0.05) is 237 Å². The fraction of sp³-hybridized carbons (Fsp3) is 0.0152. The topological polar surface area (TPSA) is 12.9 Å². The van der Waals surface area contributed by atoms with Gasteiger partial charge in [-0.15, -0.1) is 0 Å². The molecule has 1 heteroatoms. The molecule has 67 heavy (non-hydrogen) atoms. The van der Waals surface area contributed by atoms with Gasteiger partial charge in [-0.2, -0.15) is 0 Å². The van der Waals surface area contributed by atoms with Crippen molar-refractivity contribution in [1.29, 1.82) is 0 Å². The fourth-order valence-corrected chi connectivity index (χ4v) is 10.4. The molecule has 0 fully saturated rings. The maximum Gasteiger partial charge on any atom is 0.0715 e. The van der Waals surface area contributed by atoms with E-state index in [1.165, 1.54) is 66.8 Å². The molecule has 0 spiro atoms. The minimum atomic E-state index is -0.506. The Kier molecular flexibility index (Phi) is 10.2. The first kappa shape index (κ1) is 39.9.